The van der Waals surface area contributed by atoms with Crippen LogP contribution in [0.25, 0.3) is 17.0 Å². The number of ether oxygens (including phenoxy) is 1. The van der Waals surface area contributed by atoms with Crippen LogP contribution in [0.3, 0.4) is 0 Å². The van der Waals surface area contributed by atoms with Crippen LogP contribution in [0.2, 0.25) is 0 Å². The zero-order valence-corrected chi connectivity index (χ0v) is 14.0. The van der Waals surface area contributed by atoms with Crippen molar-refractivity contribution in [2.24, 2.45) is 0 Å². The lowest BCUT2D eigenvalue weighted by Crippen LogP contribution is -2.15. The van der Waals surface area contributed by atoms with Gasteiger partial charge in [-0.1, -0.05) is 18.2 Å². The zero-order valence-electron chi connectivity index (χ0n) is 13.2. The summed E-state index contributed by atoms with van der Waals surface area (Å²) in [5, 5.41) is 14.5. The summed E-state index contributed by atoms with van der Waals surface area (Å²) in [5.41, 5.74) is 1.91. The molecule has 3 rings (SSSR count). The van der Waals surface area contributed by atoms with Crippen molar-refractivity contribution in [3.63, 3.8) is 0 Å². The molecular weight excluding hydrogens is 338 g/mol. The zero-order chi connectivity index (χ0) is 17.8. The number of hydrogen-bond donors (Lipinski definition) is 2. The normalized spacial score (nSPS) is 11.1. The molecule has 0 radical (unpaired) electrons. The van der Waals surface area contributed by atoms with Crippen LogP contribution in [0, 0.1) is 11.3 Å². The monoisotopic (exact) mass is 351 g/mol. The number of nitrogens with one attached hydrogen (secondary N) is 2. The van der Waals surface area contributed by atoms with Crippen molar-refractivity contribution in [2.75, 3.05) is 12.4 Å². The van der Waals surface area contributed by atoms with E-state index in [0.29, 0.717) is 5.69 Å². The molecule has 0 atom stereocenters. The van der Waals surface area contributed by atoms with Gasteiger partial charge >= 0.3 is 5.97 Å². The van der Waals surface area contributed by atoms with Gasteiger partial charge in [-0.15, -0.1) is 11.3 Å². The van der Waals surface area contributed by atoms with Gasteiger partial charge < -0.3 is 15.0 Å². The summed E-state index contributed by atoms with van der Waals surface area (Å²) in [7, 11) is 1.27. The number of fused-ring (bicyclic) bond motifs is 1. The summed E-state index contributed by atoms with van der Waals surface area (Å²) in [6, 6.07) is 11.1. The number of rotatable bonds is 4. The lowest BCUT2D eigenvalue weighted by molar-refractivity contribution is -0.112. The molecule has 0 unspecified atom stereocenters. The van der Waals surface area contributed by atoms with Gasteiger partial charge in [-0.25, -0.2) is 4.79 Å². The SMILES string of the molecule is COC(=O)c1sccc1NC(=O)/C(C#N)=C/c1c[nH]c2ccccc12. The predicted octanol–water partition coefficient (Wildman–Crippen LogP) is 3.56. The number of carbonyl (C=O) groups excluding carboxylic acids is 2. The highest BCUT2D eigenvalue weighted by molar-refractivity contribution is 7.12. The minimum atomic E-state index is -0.587. The van der Waals surface area contributed by atoms with Crippen LogP contribution in [0.5, 0.6) is 0 Å². The van der Waals surface area contributed by atoms with Crippen molar-refractivity contribution in [3.05, 3.63) is 57.9 Å². The van der Waals surface area contributed by atoms with Crippen molar-refractivity contribution in [3.8, 4) is 6.07 Å². The fraction of sp³-hybridized carbons (Fsp3) is 0.0556. The first kappa shape index (κ1) is 16.5. The smallest absolute Gasteiger partial charge is 0.350 e. The van der Waals surface area contributed by atoms with E-state index in [-0.39, 0.29) is 10.5 Å². The van der Waals surface area contributed by atoms with E-state index in [0.717, 1.165) is 27.8 Å². The predicted molar refractivity (Wildman–Crippen MR) is 96.2 cm³/mol. The Bertz CT molecular complexity index is 1020. The van der Waals surface area contributed by atoms with E-state index in [1.54, 1.807) is 17.6 Å². The van der Waals surface area contributed by atoms with Crippen molar-refractivity contribution < 1.29 is 14.3 Å². The summed E-state index contributed by atoms with van der Waals surface area (Å²) in [4.78, 5) is 27.4. The molecule has 2 heterocycles. The van der Waals surface area contributed by atoms with E-state index in [1.165, 1.54) is 13.2 Å². The summed E-state index contributed by atoms with van der Waals surface area (Å²) in [6.45, 7) is 0. The van der Waals surface area contributed by atoms with Gasteiger partial charge in [-0.05, 0) is 23.6 Å². The van der Waals surface area contributed by atoms with Crippen molar-refractivity contribution in [2.45, 2.75) is 0 Å². The van der Waals surface area contributed by atoms with Gasteiger partial charge in [-0.2, -0.15) is 5.26 Å². The number of aromatic nitrogens is 1. The molecule has 0 aliphatic carbocycles. The maximum absolute atomic E-state index is 12.4. The summed E-state index contributed by atoms with van der Waals surface area (Å²) in [6.07, 6.45) is 3.25. The highest BCUT2D eigenvalue weighted by Crippen LogP contribution is 2.24. The van der Waals surface area contributed by atoms with Crippen LogP contribution in [0.1, 0.15) is 15.2 Å². The van der Waals surface area contributed by atoms with Gasteiger partial charge in [0.15, 0.2) is 0 Å². The van der Waals surface area contributed by atoms with Crippen LogP contribution < -0.4 is 5.32 Å². The molecule has 1 aromatic carbocycles. The van der Waals surface area contributed by atoms with E-state index in [2.05, 4.69) is 15.0 Å². The molecule has 0 fully saturated rings. The Kier molecular flexibility index (Phi) is 4.64. The van der Waals surface area contributed by atoms with Crippen molar-refractivity contribution in [1.29, 1.82) is 5.26 Å². The molecule has 0 spiro atoms. The van der Waals surface area contributed by atoms with Crippen LogP contribution in [-0.4, -0.2) is 24.0 Å². The number of aromatic amines is 1. The number of anilines is 1. The van der Waals surface area contributed by atoms with Crippen molar-refractivity contribution >= 4 is 45.9 Å². The Balaban J connectivity index is 1.89. The van der Waals surface area contributed by atoms with Gasteiger partial charge in [0.1, 0.15) is 16.5 Å². The fourth-order valence-electron chi connectivity index (χ4n) is 2.37. The lowest BCUT2D eigenvalue weighted by Gasteiger charge is -2.04. The number of para-hydroxylation sites is 1. The average molecular weight is 351 g/mol. The molecule has 124 valence electrons. The molecule has 0 saturated carbocycles. The molecule has 7 heteroatoms. The highest BCUT2D eigenvalue weighted by Gasteiger charge is 2.18. The largest absolute Gasteiger partial charge is 0.465 e. The van der Waals surface area contributed by atoms with Crippen molar-refractivity contribution in [1.82, 2.24) is 4.98 Å². The van der Waals surface area contributed by atoms with Gasteiger partial charge in [-0.3, -0.25) is 4.79 Å². The van der Waals surface area contributed by atoms with Gasteiger partial charge in [0.2, 0.25) is 0 Å². The third kappa shape index (κ3) is 3.29. The summed E-state index contributed by atoms with van der Waals surface area (Å²) in [5.74, 6) is -1.12. The molecule has 0 aliphatic rings. The average Bonchev–Trinajstić information content (AvgIpc) is 3.26. The molecule has 6 nitrogen and oxygen atoms in total. The second-order valence-electron chi connectivity index (χ2n) is 5.07. The number of nitrogens with zero attached hydrogens (tertiary/aromatic N) is 1. The first-order chi connectivity index (χ1) is 12.1. The molecule has 2 aromatic heterocycles. The number of benzene rings is 1. The number of amides is 1. The van der Waals surface area contributed by atoms with E-state index in [4.69, 9.17) is 0 Å². The van der Waals surface area contributed by atoms with Gasteiger partial charge in [0.05, 0.1) is 12.8 Å². The number of nitriles is 1. The molecule has 0 aliphatic heterocycles. The Morgan fingerprint density at radius 2 is 2.12 bits per heavy atom. The second-order valence-corrected chi connectivity index (χ2v) is 5.98. The molecule has 1 amide bonds. The lowest BCUT2D eigenvalue weighted by atomic mass is 10.1. The van der Waals surface area contributed by atoms with E-state index < -0.39 is 11.9 Å². The van der Waals surface area contributed by atoms with Gasteiger partial charge in [0, 0.05) is 22.7 Å². The molecular formula is C18H13N3O3S. The van der Waals surface area contributed by atoms with Crippen LogP contribution in [0.4, 0.5) is 5.69 Å². The van der Waals surface area contributed by atoms with Crippen LogP contribution >= 0.6 is 11.3 Å². The Morgan fingerprint density at radius 3 is 2.88 bits per heavy atom. The fourth-order valence-corrected chi connectivity index (χ4v) is 3.13. The Hall–Kier alpha value is -3.37. The minimum absolute atomic E-state index is 0.0632. The number of thiophene rings is 1. The number of H-pyrrole nitrogens is 1. The highest BCUT2D eigenvalue weighted by atomic mass is 32.1. The molecule has 3 aromatic rings. The van der Waals surface area contributed by atoms with Crippen LogP contribution in [0.15, 0.2) is 47.5 Å². The molecule has 0 saturated heterocycles. The maximum atomic E-state index is 12.4. The molecule has 0 bridgehead atoms. The number of esters is 1. The van der Waals surface area contributed by atoms with Crippen LogP contribution in [-0.2, 0) is 9.53 Å². The molecule has 2 N–H and O–H groups in total. The second kappa shape index (κ2) is 7.03. The van der Waals surface area contributed by atoms with Gasteiger partial charge in [0.25, 0.3) is 5.91 Å². The quantitative estimate of drug-likeness (QED) is 0.427. The first-order valence-electron chi connectivity index (χ1n) is 7.29. The minimum Gasteiger partial charge on any atom is -0.465 e. The number of carbonyl (C=O) groups is 2. The van der Waals surface area contributed by atoms with E-state index >= 15 is 0 Å². The Labute approximate surface area is 147 Å². The topological polar surface area (TPSA) is 95.0 Å². The third-order valence-corrected chi connectivity index (χ3v) is 4.46. The number of hydrogen-bond acceptors (Lipinski definition) is 5. The number of methoxy groups -OCH3 is 1. The summed E-state index contributed by atoms with van der Waals surface area (Å²) < 4.78 is 4.67. The standard InChI is InChI=1S/C18H13N3O3S/c1-24-18(23)16-15(6-7-25-16)21-17(22)11(9-19)8-12-10-20-14-5-3-2-4-13(12)14/h2-8,10,20H,1H3,(H,21,22)/b11-8+. The van der Waals surface area contributed by atoms with E-state index in [9.17, 15) is 14.9 Å². The first-order valence-corrected chi connectivity index (χ1v) is 8.17. The molecule has 25 heavy (non-hydrogen) atoms. The Morgan fingerprint density at radius 1 is 1.32 bits per heavy atom. The van der Waals surface area contributed by atoms with E-state index in [1.807, 2.05) is 30.3 Å². The maximum Gasteiger partial charge on any atom is 0.350 e. The third-order valence-electron chi connectivity index (χ3n) is 3.57. The summed E-state index contributed by atoms with van der Waals surface area (Å²) >= 11 is 1.15.